The van der Waals surface area contributed by atoms with Gasteiger partial charge >= 0.3 is 0 Å². The Morgan fingerprint density at radius 3 is 2.56 bits per heavy atom. The average Bonchev–Trinajstić information content (AvgIpc) is 2.72. The van der Waals surface area contributed by atoms with Crippen LogP contribution in [0.3, 0.4) is 0 Å². The van der Waals surface area contributed by atoms with Crippen molar-refractivity contribution in [1.29, 1.82) is 0 Å². The molecule has 2 aromatic heterocycles. The zero-order chi connectivity index (χ0) is 11.5. The minimum Gasteiger partial charge on any atom is -0.239 e. The maximum atomic E-state index is 5.98. The van der Waals surface area contributed by atoms with Crippen molar-refractivity contribution in [2.45, 2.75) is 26.7 Å². The van der Waals surface area contributed by atoms with Crippen molar-refractivity contribution in [2.75, 3.05) is 0 Å². The fourth-order valence-electron chi connectivity index (χ4n) is 1.40. The highest BCUT2D eigenvalue weighted by Gasteiger charge is 2.13. The van der Waals surface area contributed by atoms with Crippen LogP contribution in [0.2, 0.25) is 5.15 Å². The minimum atomic E-state index is 0.338. The van der Waals surface area contributed by atoms with Crippen LogP contribution < -0.4 is 0 Å². The van der Waals surface area contributed by atoms with E-state index in [0.717, 1.165) is 24.5 Å². The first-order chi connectivity index (χ1) is 7.76. The lowest BCUT2D eigenvalue weighted by atomic mass is 10.4. The summed E-state index contributed by atoms with van der Waals surface area (Å²) < 4.78 is 1.66. The molecule has 0 fully saturated rings. The molecule has 0 radical (unpaired) electrons. The highest BCUT2D eigenvalue weighted by atomic mass is 35.5. The molecule has 0 spiro atoms. The van der Waals surface area contributed by atoms with Crippen LogP contribution in [0.5, 0.6) is 0 Å². The fourth-order valence-corrected chi connectivity index (χ4v) is 1.58. The summed E-state index contributed by atoms with van der Waals surface area (Å²) in [5.41, 5.74) is 0. The summed E-state index contributed by atoms with van der Waals surface area (Å²) in [4.78, 5) is 12.5. The van der Waals surface area contributed by atoms with Crippen molar-refractivity contribution < 1.29 is 0 Å². The Kier molecular flexibility index (Phi) is 3.14. The van der Waals surface area contributed by atoms with Crippen molar-refractivity contribution in [3.63, 3.8) is 0 Å². The molecule has 0 amide bonds. The monoisotopic (exact) mass is 237 g/mol. The van der Waals surface area contributed by atoms with Crippen molar-refractivity contribution in [1.82, 2.24) is 24.7 Å². The molecule has 0 atom stereocenters. The van der Waals surface area contributed by atoms with Crippen LogP contribution in [-0.2, 0) is 12.8 Å². The Morgan fingerprint density at radius 1 is 1.19 bits per heavy atom. The molecule has 0 saturated carbocycles. The highest BCUT2D eigenvalue weighted by Crippen LogP contribution is 2.15. The number of nitrogens with zero attached hydrogens (tertiary/aromatic N) is 5. The number of rotatable bonds is 3. The van der Waals surface area contributed by atoms with Crippen LogP contribution >= 0.6 is 11.6 Å². The summed E-state index contributed by atoms with van der Waals surface area (Å²) in [6, 6.07) is 0. The Morgan fingerprint density at radius 2 is 1.94 bits per heavy atom. The lowest BCUT2D eigenvalue weighted by Crippen LogP contribution is -2.05. The van der Waals surface area contributed by atoms with Gasteiger partial charge < -0.3 is 0 Å². The molecule has 0 saturated heterocycles. The molecule has 0 aliphatic heterocycles. The van der Waals surface area contributed by atoms with E-state index in [2.05, 4.69) is 20.1 Å². The molecule has 0 aromatic carbocycles. The molecular formula is C10H12ClN5. The van der Waals surface area contributed by atoms with E-state index in [1.54, 1.807) is 17.1 Å². The van der Waals surface area contributed by atoms with E-state index in [0.29, 0.717) is 11.0 Å². The summed E-state index contributed by atoms with van der Waals surface area (Å²) in [5.74, 6) is 2.17. The number of halogens is 1. The Balaban J connectivity index is 2.54. The first kappa shape index (κ1) is 11.0. The second kappa shape index (κ2) is 4.57. The van der Waals surface area contributed by atoms with Gasteiger partial charge in [-0.1, -0.05) is 25.4 Å². The number of aromatic nitrogens is 5. The van der Waals surface area contributed by atoms with E-state index in [4.69, 9.17) is 11.6 Å². The molecule has 0 N–H and O–H groups in total. The van der Waals surface area contributed by atoms with E-state index < -0.39 is 0 Å². The van der Waals surface area contributed by atoms with Gasteiger partial charge in [0.25, 0.3) is 0 Å². The molecule has 0 unspecified atom stereocenters. The van der Waals surface area contributed by atoms with Crippen LogP contribution in [0, 0.1) is 0 Å². The van der Waals surface area contributed by atoms with Gasteiger partial charge in [0.05, 0.1) is 0 Å². The third-order valence-corrected chi connectivity index (χ3v) is 2.45. The van der Waals surface area contributed by atoms with Crippen LogP contribution in [0.25, 0.3) is 5.82 Å². The third kappa shape index (κ3) is 1.90. The van der Waals surface area contributed by atoms with E-state index in [1.807, 2.05) is 13.8 Å². The number of hydrogen-bond acceptors (Lipinski definition) is 4. The third-order valence-electron chi connectivity index (χ3n) is 2.19. The van der Waals surface area contributed by atoms with E-state index in [-0.39, 0.29) is 0 Å². The maximum Gasteiger partial charge on any atom is 0.193 e. The number of hydrogen-bond donors (Lipinski definition) is 0. The van der Waals surface area contributed by atoms with Gasteiger partial charge in [0.1, 0.15) is 5.82 Å². The Labute approximate surface area is 98.5 Å². The molecule has 16 heavy (non-hydrogen) atoms. The zero-order valence-corrected chi connectivity index (χ0v) is 9.94. The fraction of sp³-hybridized carbons (Fsp3) is 0.400. The molecule has 6 heteroatoms. The summed E-state index contributed by atoms with van der Waals surface area (Å²) in [5, 5.41) is 4.69. The second-order valence-electron chi connectivity index (χ2n) is 3.23. The largest absolute Gasteiger partial charge is 0.239 e. The molecule has 0 aliphatic carbocycles. The van der Waals surface area contributed by atoms with Gasteiger partial charge in [0.2, 0.25) is 0 Å². The van der Waals surface area contributed by atoms with Crippen LogP contribution in [0.15, 0.2) is 12.4 Å². The smallest absolute Gasteiger partial charge is 0.193 e. The normalized spacial score (nSPS) is 10.7. The quantitative estimate of drug-likeness (QED) is 0.817. The van der Waals surface area contributed by atoms with Gasteiger partial charge in [-0.25, -0.2) is 15.0 Å². The molecule has 2 aromatic rings. The summed E-state index contributed by atoms with van der Waals surface area (Å²) in [6.45, 7) is 4.03. The summed E-state index contributed by atoms with van der Waals surface area (Å²) in [6.07, 6.45) is 4.71. The molecule has 5 nitrogen and oxygen atoms in total. The maximum absolute atomic E-state index is 5.98. The standard InChI is InChI=1S/C10H12ClN5/c1-3-7-14-8(4-2)16(15-7)10-9(11)12-5-6-13-10/h5-6H,3-4H2,1-2H3. The van der Waals surface area contributed by atoms with Crippen LogP contribution in [0.1, 0.15) is 25.5 Å². The van der Waals surface area contributed by atoms with Gasteiger partial charge in [-0.15, -0.1) is 5.10 Å². The first-order valence-corrected chi connectivity index (χ1v) is 5.55. The average molecular weight is 238 g/mol. The van der Waals surface area contributed by atoms with Gasteiger partial charge in [-0.05, 0) is 0 Å². The first-order valence-electron chi connectivity index (χ1n) is 5.18. The lowest BCUT2D eigenvalue weighted by Gasteiger charge is -2.03. The number of aryl methyl sites for hydroxylation is 2. The van der Waals surface area contributed by atoms with Crippen molar-refractivity contribution in [3.05, 3.63) is 29.2 Å². The predicted octanol–water partition coefficient (Wildman–Crippen LogP) is 1.84. The lowest BCUT2D eigenvalue weighted by molar-refractivity contribution is 0.764. The minimum absolute atomic E-state index is 0.338. The van der Waals surface area contributed by atoms with E-state index in [9.17, 15) is 0 Å². The van der Waals surface area contributed by atoms with Gasteiger partial charge in [0.15, 0.2) is 16.8 Å². The summed E-state index contributed by atoms with van der Waals surface area (Å²) >= 11 is 5.98. The summed E-state index contributed by atoms with van der Waals surface area (Å²) in [7, 11) is 0. The van der Waals surface area contributed by atoms with E-state index in [1.165, 1.54) is 0 Å². The molecular weight excluding hydrogens is 226 g/mol. The van der Waals surface area contributed by atoms with Crippen molar-refractivity contribution in [2.24, 2.45) is 0 Å². The van der Waals surface area contributed by atoms with Crippen LogP contribution in [-0.4, -0.2) is 24.7 Å². The molecule has 2 rings (SSSR count). The topological polar surface area (TPSA) is 56.5 Å². The Hall–Kier alpha value is -1.49. The van der Waals surface area contributed by atoms with Crippen molar-refractivity contribution in [3.8, 4) is 5.82 Å². The van der Waals surface area contributed by atoms with Gasteiger partial charge in [0, 0.05) is 25.2 Å². The van der Waals surface area contributed by atoms with Gasteiger partial charge in [-0.2, -0.15) is 4.68 Å². The molecule has 0 aliphatic rings. The van der Waals surface area contributed by atoms with Crippen molar-refractivity contribution >= 4 is 11.6 Å². The zero-order valence-electron chi connectivity index (χ0n) is 9.18. The Bertz CT molecular complexity index is 494. The molecule has 84 valence electrons. The second-order valence-corrected chi connectivity index (χ2v) is 3.59. The predicted molar refractivity (Wildman–Crippen MR) is 60.7 cm³/mol. The van der Waals surface area contributed by atoms with Crippen LogP contribution in [0.4, 0.5) is 0 Å². The highest BCUT2D eigenvalue weighted by molar-refractivity contribution is 6.30. The molecule has 0 bridgehead atoms. The van der Waals surface area contributed by atoms with Gasteiger partial charge in [-0.3, -0.25) is 0 Å². The molecule has 2 heterocycles. The SMILES string of the molecule is CCc1nc(CC)n(-c2nccnc2Cl)n1. The van der Waals surface area contributed by atoms with E-state index >= 15 is 0 Å².